The van der Waals surface area contributed by atoms with Crippen molar-refractivity contribution in [1.29, 1.82) is 0 Å². The predicted molar refractivity (Wildman–Crippen MR) is 86.5 cm³/mol. The highest BCUT2D eigenvalue weighted by molar-refractivity contribution is 7.98. The molecule has 1 aliphatic heterocycles. The molecule has 1 heterocycles. The van der Waals surface area contributed by atoms with Crippen molar-refractivity contribution in [3.8, 4) is 0 Å². The molecule has 21 heavy (non-hydrogen) atoms. The van der Waals surface area contributed by atoms with Gasteiger partial charge in [0.25, 0.3) is 0 Å². The van der Waals surface area contributed by atoms with Gasteiger partial charge in [-0.05, 0) is 38.2 Å². The number of hydrogen-bond donors (Lipinski definition) is 1. The molecule has 5 heteroatoms. The lowest BCUT2D eigenvalue weighted by atomic mass is 10.1. The first-order chi connectivity index (χ1) is 10.1. The maximum absolute atomic E-state index is 12.2. The third kappa shape index (κ3) is 4.24. The van der Waals surface area contributed by atoms with Gasteiger partial charge in [-0.15, -0.1) is 11.8 Å². The van der Waals surface area contributed by atoms with Crippen molar-refractivity contribution in [1.82, 2.24) is 4.90 Å². The van der Waals surface area contributed by atoms with E-state index in [1.165, 1.54) is 0 Å². The number of anilines is 1. The topological polar surface area (TPSA) is 49.4 Å². The van der Waals surface area contributed by atoms with Crippen molar-refractivity contribution in [2.45, 2.75) is 43.5 Å². The Morgan fingerprint density at radius 2 is 2.14 bits per heavy atom. The fraction of sp³-hybridized carbons (Fsp3) is 0.500. The monoisotopic (exact) mass is 306 g/mol. The first-order valence-electron chi connectivity index (χ1n) is 7.34. The zero-order chi connectivity index (χ0) is 15.2. The quantitative estimate of drug-likeness (QED) is 0.850. The molecule has 0 saturated carbocycles. The Morgan fingerprint density at radius 1 is 1.38 bits per heavy atom. The second kappa shape index (κ2) is 7.50. The van der Waals surface area contributed by atoms with Crippen LogP contribution in [0.4, 0.5) is 5.69 Å². The lowest BCUT2D eigenvalue weighted by molar-refractivity contribution is -0.136. The summed E-state index contributed by atoms with van der Waals surface area (Å²) in [5, 5.41) is 2.95. The summed E-state index contributed by atoms with van der Waals surface area (Å²) >= 11 is 1.61. The van der Waals surface area contributed by atoms with Gasteiger partial charge < -0.3 is 10.2 Å². The van der Waals surface area contributed by atoms with Crippen molar-refractivity contribution in [3.63, 3.8) is 0 Å². The summed E-state index contributed by atoms with van der Waals surface area (Å²) in [4.78, 5) is 26.9. The summed E-state index contributed by atoms with van der Waals surface area (Å²) in [6.07, 6.45) is 4.94. The van der Waals surface area contributed by atoms with Gasteiger partial charge in [-0.3, -0.25) is 9.59 Å². The van der Waals surface area contributed by atoms with E-state index in [0.717, 1.165) is 30.0 Å². The van der Waals surface area contributed by atoms with Crippen LogP contribution >= 0.6 is 11.8 Å². The van der Waals surface area contributed by atoms with Gasteiger partial charge in [0.2, 0.25) is 11.8 Å². The summed E-state index contributed by atoms with van der Waals surface area (Å²) in [6.45, 7) is 2.72. The molecule has 0 aliphatic carbocycles. The van der Waals surface area contributed by atoms with Crippen LogP contribution in [0, 0.1) is 0 Å². The van der Waals surface area contributed by atoms with Crippen LogP contribution in [0.5, 0.6) is 0 Å². The molecular formula is C16H22N2O2S. The molecule has 0 bridgehead atoms. The van der Waals surface area contributed by atoms with Gasteiger partial charge in [-0.25, -0.2) is 0 Å². The number of nitrogens with zero attached hydrogens (tertiary/aromatic N) is 1. The highest BCUT2D eigenvalue weighted by Gasteiger charge is 2.24. The molecule has 1 N–H and O–H groups in total. The minimum atomic E-state index is -0.0424. The zero-order valence-electron chi connectivity index (χ0n) is 12.6. The summed E-state index contributed by atoms with van der Waals surface area (Å²) in [5.41, 5.74) is 0.840. The number of likely N-dealkylation sites (tertiary alicyclic amines) is 1. The lowest BCUT2D eigenvalue weighted by Gasteiger charge is -2.32. The molecule has 114 valence electrons. The Hall–Kier alpha value is -1.49. The van der Waals surface area contributed by atoms with Gasteiger partial charge in [0.15, 0.2) is 0 Å². The Labute approximate surface area is 130 Å². The summed E-state index contributed by atoms with van der Waals surface area (Å²) in [6, 6.07) is 7.71. The van der Waals surface area contributed by atoms with Crippen molar-refractivity contribution in [2.24, 2.45) is 0 Å². The highest BCUT2D eigenvalue weighted by Crippen LogP contribution is 2.25. The number of rotatable bonds is 5. The van der Waals surface area contributed by atoms with Crippen LogP contribution < -0.4 is 5.32 Å². The van der Waals surface area contributed by atoms with Crippen molar-refractivity contribution in [3.05, 3.63) is 24.3 Å². The minimum Gasteiger partial charge on any atom is -0.339 e. The van der Waals surface area contributed by atoms with Crippen LogP contribution in [0.15, 0.2) is 29.2 Å². The smallest absolute Gasteiger partial charge is 0.226 e. The normalized spacial score (nSPS) is 16.7. The fourth-order valence-corrected chi connectivity index (χ4v) is 3.17. The van der Waals surface area contributed by atoms with E-state index in [9.17, 15) is 9.59 Å². The molecule has 0 unspecified atom stereocenters. The molecule has 1 aromatic rings. The van der Waals surface area contributed by atoms with Gasteiger partial charge in [0, 0.05) is 30.3 Å². The predicted octanol–water partition coefficient (Wildman–Crippen LogP) is 3.14. The van der Waals surface area contributed by atoms with Gasteiger partial charge in [0.05, 0.1) is 5.69 Å². The van der Waals surface area contributed by atoms with E-state index in [0.29, 0.717) is 12.8 Å². The number of thioether (sulfide) groups is 1. The molecule has 1 fully saturated rings. The summed E-state index contributed by atoms with van der Waals surface area (Å²) in [5.74, 6) is 0.133. The number of nitrogens with one attached hydrogen (secondary N) is 1. The molecule has 1 atom stereocenters. The molecule has 2 amide bonds. The molecular weight excluding hydrogens is 284 g/mol. The first kappa shape index (κ1) is 15.9. The highest BCUT2D eigenvalue weighted by atomic mass is 32.2. The van der Waals surface area contributed by atoms with Crippen LogP contribution in [0.3, 0.4) is 0 Å². The molecule has 2 rings (SSSR count). The van der Waals surface area contributed by atoms with E-state index < -0.39 is 0 Å². The number of carbonyl (C=O) groups is 2. The Balaban J connectivity index is 1.93. The largest absolute Gasteiger partial charge is 0.339 e. The van der Waals surface area contributed by atoms with Crippen LogP contribution in [-0.2, 0) is 9.59 Å². The third-order valence-corrected chi connectivity index (χ3v) is 4.55. The second-order valence-electron chi connectivity index (χ2n) is 5.35. The number of amides is 2. The molecule has 0 spiro atoms. The number of benzene rings is 1. The van der Waals surface area contributed by atoms with Crippen LogP contribution in [0.1, 0.15) is 32.6 Å². The van der Waals surface area contributed by atoms with E-state index in [1.807, 2.05) is 42.3 Å². The molecule has 4 nitrogen and oxygen atoms in total. The van der Waals surface area contributed by atoms with E-state index in [-0.39, 0.29) is 17.9 Å². The summed E-state index contributed by atoms with van der Waals surface area (Å²) in [7, 11) is 0. The maximum atomic E-state index is 12.2. The number of carbonyl (C=O) groups excluding carboxylic acids is 2. The van der Waals surface area contributed by atoms with E-state index >= 15 is 0 Å². The molecule has 1 saturated heterocycles. The van der Waals surface area contributed by atoms with Gasteiger partial charge in [-0.2, -0.15) is 0 Å². The van der Waals surface area contributed by atoms with Crippen LogP contribution in [0.2, 0.25) is 0 Å². The fourth-order valence-electron chi connectivity index (χ4n) is 2.62. The Kier molecular flexibility index (Phi) is 5.67. The van der Waals surface area contributed by atoms with Crippen LogP contribution in [0.25, 0.3) is 0 Å². The number of piperidine rings is 1. The van der Waals surface area contributed by atoms with Crippen LogP contribution in [-0.4, -0.2) is 35.6 Å². The van der Waals surface area contributed by atoms with Gasteiger partial charge >= 0.3 is 0 Å². The van der Waals surface area contributed by atoms with Gasteiger partial charge in [-0.1, -0.05) is 12.1 Å². The van der Waals surface area contributed by atoms with E-state index in [1.54, 1.807) is 11.8 Å². The third-order valence-electron chi connectivity index (χ3n) is 3.75. The average Bonchev–Trinajstić information content (AvgIpc) is 2.48. The Bertz CT molecular complexity index is 519. The van der Waals surface area contributed by atoms with Crippen molar-refractivity contribution < 1.29 is 9.59 Å². The maximum Gasteiger partial charge on any atom is 0.226 e. The van der Waals surface area contributed by atoms with Crippen molar-refractivity contribution >= 4 is 29.3 Å². The molecule has 1 aliphatic rings. The molecule has 0 radical (unpaired) electrons. The minimum absolute atomic E-state index is 0.0395. The van der Waals surface area contributed by atoms with Crippen molar-refractivity contribution in [2.75, 3.05) is 18.1 Å². The van der Waals surface area contributed by atoms with E-state index in [2.05, 4.69) is 5.32 Å². The SMILES string of the molecule is CSc1ccccc1NC(=O)C[C@@H](C)N1CCCCC1=O. The number of para-hydroxylation sites is 1. The summed E-state index contributed by atoms with van der Waals surface area (Å²) < 4.78 is 0. The standard InChI is InChI=1S/C16H22N2O2S/c1-12(18-10-6-5-9-16(18)20)11-15(19)17-13-7-3-4-8-14(13)21-2/h3-4,7-8,12H,5-6,9-11H2,1-2H3,(H,17,19)/t12-/m1/s1. The first-order valence-corrected chi connectivity index (χ1v) is 8.56. The lowest BCUT2D eigenvalue weighted by Crippen LogP contribution is -2.43. The number of hydrogen-bond acceptors (Lipinski definition) is 3. The second-order valence-corrected chi connectivity index (χ2v) is 6.19. The zero-order valence-corrected chi connectivity index (χ0v) is 13.4. The van der Waals surface area contributed by atoms with E-state index in [4.69, 9.17) is 0 Å². The van der Waals surface area contributed by atoms with Gasteiger partial charge in [0.1, 0.15) is 0 Å². The molecule has 1 aromatic carbocycles. The molecule has 0 aromatic heterocycles. The average molecular weight is 306 g/mol. The Morgan fingerprint density at radius 3 is 2.86 bits per heavy atom.